The summed E-state index contributed by atoms with van der Waals surface area (Å²) in [6, 6.07) is 4.59. The smallest absolute Gasteiger partial charge is 0.136 e. The molecule has 0 amide bonds. The van der Waals surface area contributed by atoms with E-state index in [0.717, 1.165) is 25.7 Å². The predicted octanol–water partition coefficient (Wildman–Crippen LogP) is 1.85. The van der Waals surface area contributed by atoms with Crippen molar-refractivity contribution in [2.75, 3.05) is 11.9 Å². The molecule has 5 heteroatoms. The molecule has 2 rings (SSSR count). The lowest BCUT2D eigenvalue weighted by atomic mass is 9.91. The molecule has 0 radical (unpaired) electrons. The van der Waals surface area contributed by atoms with E-state index < -0.39 is 11.9 Å². The number of rotatable bonds is 3. The zero-order valence-corrected chi connectivity index (χ0v) is 11.1. The van der Waals surface area contributed by atoms with Gasteiger partial charge in [-0.2, -0.15) is 0 Å². The van der Waals surface area contributed by atoms with E-state index in [2.05, 4.69) is 0 Å². The Morgan fingerprint density at radius 1 is 1.42 bits per heavy atom. The average Bonchev–Trinajstić information content (AvgIpc) is 2.37. The summed E-state index contributed by atoms with van der Waals surface area (Å²) in [6.07, 6.45) is 3.29. The molecule has 4 nitrogen and oxygen atoms in total. The number of benzene rings is 1. The summed E-state index contributed by atoms with van der Waals surface area (Å²) < 4.78 is 13.8. The Hall–Kier alpha value is -1.62. The number of nitrogens with zero attached hydrogens (tertiary/aromatic N) is 1. The average molecular weight is 265 g/mol. The second-order valence-corrected chi connectivity index (χ2v) is 5.08. The Labute approximate surface area is 112 Å². The van der Waals surface area contributed by atoms with Crippen molar-refractivity contribution in [3.8, 4) is 0 Å². The van der Waals surface area contributed by atoms with E-state index in [-0.39, 0.29) is 17.4 Å². The van der Waals surface area contributed by atoms with Crippen molar-refractivity contribution in [1.82, 2.24) is 0 Å². The Morgan fingerprint density at radius 3 is 2.74 bits per heavy atom. The van der Waals surface area contributed by atoms with Crippen molar-refractivity contribution < 1.29 is 9.50 Å². The van der Waals surface area contributed by atoms with Crippen LogP contribution in [-0.4, -0.2) is 30.1 Å². The molecule has 104 valence electrons. The molecule has 1 aromatic carbocycles. The van der Waals surface area contributed by atoms with Crippen molar-refractivity contribution in [3.05, 3.63) is 29.6 Å². The molecule has 4 N–H and O–H groups in total. The highest BCUT2D eigenvalue weighted by Gasteiger charge is 2.28. The number of hydrogen-bond acceptors (Lipinski definition) is 3. The number of likely N-dealkylation sites (N-methyl/N-ethyl adjacent to an activating group) is 1. The lowest BCUT2D eigenvalue weighted by Crippen LogP contribution is -2.44. The second-order valence-electron chi connectivity index (χ2n) is 5.08. The van der Waals surface area contributed by atoms with Gasteiger partial charge < -0.3 is 15.7 Å². The van der Waals surface area contributed by atoms with Crippen LogP contribution in [0.25, 0.3) is 0 Å². The number of aliphatic hydroxyl groups is 1. The van der Waals surface area contributed by atoms with E-state index in [9.17, 15) is 9.50 Å². The van der Waals surface area contributed by atoms with E-state index in [1.165, 1.54) is 6.07 Å². The van der Waals surface area contributed by atoms with E-state index in [1.54, 1.807) is 12.1 Å². The minimum atomic E-state index is -0.498. The van der Waals surface area contributed by atoms with Crippen LogP contribution in [0.2, 0.25) is 0 Å². The number of hydrogen-bond donors (Lipinski definition) is 3. The van der Waals surface area contributed by atoms with Gasteiger partial charge in [-0.3, -0.25) is 5.41 Å². The SMILES string of the molecule is CN(c1cccc(F)c1C(=N)N)C1CCCCC1O. The van der Waals surface area contributed by atoms with E-state index >= 15 is 0 Å². The Bertz CT molecular complexity index is 478. The van der Waals surface area contributed by atoms with Crippen LogP contribution in [-0.2, 0) is 0 Å². The Balaban J connectivity index is 2.35. The molecule has 0 spiro atoms. The normalized spacial score (nSPS) is 23.1. The molecule has 2 unspecified atom stereocenters. The lowest BCUT2D eigenvalue weighted by molar-refractivity contribution is 0.106. The van der Waals surface area contributed by atoms with Crippen LogP contribution in [0.5, 0.6) is 0 Å². The maximum absolute atomic E-state index is 13.8. The third kappa shape index (κ3) is 2.71. The minimum Gasteiger partial charge on any atom is -0.391 e. The number of anilines is 1. The maximum atomic E-state index is 13.8. The van der Waals surface area contributed by atoms with Gasteiger partial charge in [-0.25, -0.2) is 4.39 Å². The first-order valence-corrected chi connectivity index (χ1v) is 6.56. The first-order valence-electron chi connectivity index (χ1n) is 6.56. The van der Waals surface area contributed by atoms with Crippen LogP contribution in [0.1, 0.15) is 31.2 Å². The third-order valence-corrected chi connectivity index (χ3v) is 3.83. The van der Waals surface area contributed by atoms with E-state index in [1.807, 2.05) is 11.9 Å². The highest BCUT2D eigenvalue weighted by molar-refractivity contribution is 6.00. The summed E-state index contributed by atoms with van der Waals surface area (Å²) >= 11 is 0. The monoisotopic (exact) mass is 265 g/mol. The summed E-state index contributed by atoms with van der Waals surface area (Å²) in [5, 5.41) is 17.6. The molecule has 1 aliphatic rings. The molecule has 1 aliphatic carbocycles. The Kier molecular flexibility index (Phi) is 4.04. The fraction of sp³-hybridized carbons (Fsp3) is 0.500. The summed E-state index contributed by atoms with van der Waals surface area (Å²) in [6.45, 7) is 0. The topological polar surface area (TPSA) is 73.3 Å². The first kappa shape index (κ1) is 13.8. The van der Waals surface area contributed by atoms with Gasteiger partial charge in [0.15, 0.2) is 0 Å². The molecule has 1 saturated carbocycles. The quantitative estimate of drug-likeness (QED) is 0.577. The number of nitrogens with two attached hydrogens (primary N) is 1. The van der Waals surface area contributed by atoms with Crippen LogP contribution in [0.4, 0.5) is 10.1 Å². The molecule has 1 aromatic rings. The number of nitrogens with one attached hydrogen (secondary N) is 1. The molecule has 0 heterocycles. The second kappa shape index (κ2) is 5.57. The first-order chi connectivity index (χ1) is 9.02. The molecular weight excluding hydrogens is 245 g/mol. The van der Waals surface area contributed by atoms with E-state index in [0.29, 0.717) is 5.69 Å². The van der Waals surface area contributed by atoms with Gasteiger partial charge in [0, 0.05) is 7.05 Å². The van der Waals surface area contributed by atoms with Gasteiger partial charge in [0.2, 0.25) is 0 Å². The van der Waals surface area contributed by atoms with Crippen molar-refractivity contribution in [2.24, 2.45) is 5.73 Å². The lowest BCUT2D eigenvalue weighted by Gasteiger charge is -2.37. The maximum Gasteiger partial charge on any atom is 0.136 e. The molecular formula is C14H20FN3O. The van der Waals surface area contributed by atoms with Gasteiger partial charge in [-0.05, 0) is 25.0 Å². The largest absolute Gasteiger partial charge is 0.391 e. The summed E-state index contributed by atoms with van der Waals surface area (Å²) in [5.41, 5.74) is 6.15. The van der Waals surface area contributed by atoms with Crippen molar-refractivity contribution in [1.29, 1.82) is 5.41 Å². The van der Waals surface area contributed by atoms with E-state index in [4.69, 9.17) is 11.1 Å². The fourth-order valence-electron chi connectivity index (χ4n) is 2.80. The van der Waals surface area contributed by atoms with Crippen LogP contribution in [0.3, 0.4) is 0 Å². The zero-order chi connectivity index (χ0) is 14.0. The van der Waals surface area contributed by atoms with Gasteiger partial charge in [0.1, 0.15) is 11.7 Å². The number of nitrogen functional groups attached to an aromatic ring is 1. The molecule has 19 heavy (non-hydrogen) atoms. The molecule has 0 aromatic heterocycles. The zero-order valence-electron chi connectivity index (χ0n) is 11.1. The highest BCUT2D eigenvalue weighted by Crippen LogP contribution is 2.29. The summed E-state index contributed by atoms with van der Waals surface area (Å²) in [5.74, 6) is -0.785. The number of amidine groups is 1. The number of aliphatic hydroxyl groups excluding tert-OH is 1. The standard InChI is InChI=1S/C14H20FN3O/c1-18(10-6-2-3-8-12(10)19)11-7-4-5-9(15)13(11)14(16)17/h4-5,7,10,12,19H,2-3,6,8H2,1H3,(H3,16,17). The third-order valence-electron chi connectivity index (χ3n) is 3.83. The van der Waals surface area contributed by atoms with Crippen LogP contribution >= 0.6 is 0 Å². The minimum absolute atomic E-state index is 0.0475. The van der Waals surface area contributed by atoms with Crippen molar-refractivity contribution in [2.45, 2.75) is 37.8 Å². The van der Waals surface area contributed by atoms with Gasteiger partial charge in [-0.15, -0.1) is 0 Å². The van der Waals surface area contributed by atoms with Crippen molar-refractivity contribution >= 4 is 11.5 Å². The molecule has 0 aliphatic heterocycles. The predicted molar refractivity (Wildman–Crippen MR) is 74.1 cm³/mol. The van der Waals surface area contributed by atoms with Gasteiger partial charge in [-0.1, -0.05) is 18.9 Å². The van der Waals surface area contributed by atoms with Gasteiger partial charge in [0.05, 0.1) is 23.4 Å². The van der Waals surface area contributed by atoms with Gasteiger partial charge in [0.25, 0.3) is 0 Å². The molecule has 1 fully saturated rings. The van der Waals surface area contributed by atoms with Gasteiger partial charge >= 0.3 is 0 Å². The summed E-state index contributed by atoms with van der Waals surface area (Å²) in [7, 11) is 1.82. The Morgan fingerprint density at radius 2 is 2.11 bits per heavy atom. The highest BCUT2D eigenvalue weighted by atomic mass is 19.1. The molecule has 2 atom stereocenters. The number of halogens is 1. The molecule has 0 saturated heterocycles. The molecule has 0 bridgehead atoms. The summed E-state index contributed by atoms with van der Waals surface area (Å²) in [4.78, 5) is 1.85. The fourth-order valence-corrected chi connectivity index (χ4v) is 2.80. The van der Waals surface area contributed by atoms with Crippen LogP contribution in [0, 0.1) is 11.2 Å². The van der Waals surface area contributed by atoms with Crippen LogP contribution < -0.4 is 10.6 Å². The van der Waals surface area contributed by atoms with Crippen LogP contribution in [0.15, 0.2) is 18.2 Å². The van der Waals surface area contributed by atoms with Crippen molar-refractivity contribution in [3.63, 3.8) is 0 Å².